The summed E-state index contributed by atoms with van der Waals surface area (Å²) in [6, 6.07) is 11.4. The van der Waals surface area contributed by atoms with Crippen molar-refractivity contribution in [1.29, 1.82) is 0 Å². The number of hydrogen-bond donors (Lipinski definition) is 1. The van der Waals surface area contributed by atoms with Gasteiger partial charge < -0.3 is 5.32 Å². The largest absolute Gasteiger partial charge is 0.326 e. The van der Waals surface area contributed by atoms with Gasteiger partial charge in [-0.25, -0.2) is 8.42 Å². The minimum atomic E-state index is -3.48. The fourth-order valence-electron chi connectivity index (χ4n) is 2.84. The van der Waals surface area contributed by atoms with Gasteiger partial charge in [-0.15, -0.1) is 0 Å². The highest BCUT2D eigenvalue weighted by Crippen LogP contribution is 2.24. The molecule has 0 atom stereocenters. The van der Waals surface area contributed by atoms with E-state index >= 15 is 0 Å². The van der Waals surface area contributed by atoms with Gasteiger partial charge in [-0.1, -0.05) is 29.8 Å². The number of aryl methyl sites for hydroxylation is 4. The molecule has 0 fully saturated rings. The van der Waals surface area contributed by atoms with Crippen molar-refractivity contribution < 1.29 is 13.2 Å². The van der Waals surface area contributed by atoms with E-state index in [4.69, 9.17) is 0 Å². The molecule has 2 aromatic rings. The van der Waals surface area contributed by atoms with Gasteiger partial charge in [-0.2, -0.15) is 0 Å². The number of benzene rings is 2. The number of carbonyl (C=O) groups is 1. The second-order valence-electron chi connectivity index (χ2n) is 6.74. The Balaban J connectivity index is 2.15. The van der Waals surface area contributed by atoms with Crippen LogP contribution in [0.2, 0.25) is 0 Å². The Morgan fingerprint density at radius 1 is 0.962 bits per heavy atom. The standard InChI is InChI=1S/C20H26N2O3S/c1-14-7-9-19(17(4)12-14)22(26(5,24)25)11-10-20(23)21-18-13-15(2)6-8-16(18)3/h6-9,12-13H,10-11H2,1-5H3,(H,21,23). The van der Waals surface area contributed by atoms with Crippen molar-refractivity contribution in [3.05, 3.63) is 58.7 Å². The molecule has 2 aromatic carbocycles. The summed E-state index contributed by atoms with van der Waals surface area (Å²) >= 11 is 0. The molecule has 0 aromatic heterocycles. The number of hydrogen-bond acceptors (Lipinski definition) is 3. The van der Waals surface area contributed by atoms with Crippen molar-refractivity contribution >= 4 is 27.3 Å². The Bertz CT molecular complexity index is 921. The van der Waals surface area contributed by atoms with Crippen LogP contribution < -0.4 is 9.62 Å². The number of rotatable bonds is 6. The van der Waals surface area contributed by atoms with E-state index in [1.807, 2.05) is 58.0 Å². The lowest BCUT2D eigenvalue weighted by molar-refractivity contribution is -0.116. The first-order valence-corrected chi connectivity index (χ1v) is 10.3. The smallest absolute Gasteiger partial charge is 0.232 e. The Morgan fingerprint density at radius 3 is 2.19 bits per heavy atom. The summed E-state index contributed by atoms with van der Waals surface area (Å²) in [5.74, 6) is -0.211. The monoisotopic (exact) mass is 374 g/mol. The molecule has 5 nitrogen and oxygen atoms in total. The van der Waals surface area contributed by atoms with E-state index in [9.17, 15) is 13.2 Å². The fraction of sp³-hybridized carbons (Fsp3) is 0.350. The topological polar surface area (TPSA) is 66.5 Å². The average molecular weight is 375 g/mol. The highest BCUT2D eigenvalue weighted by atomic mass is 32.2. The maximum Gasteiger partial charge on any atom is 0.232 e. The minimum absolute atomic E-state index is 0.0772. The van der Waals surface area contributed by atoms with Crippen LogP contribution >= 0.6 is 0 Å². The molecule has 0 unspecified atom stereocenters. The van der Waals surface area contributed by atoms with Crippen LogP contribution in [0.15, 0.2) is 36.4 Å². The first-order valence-electron chi connectivity index (χ1n) is 8.50. The molecular weight excluding hydrogens is 348 g/mol. The van der Waals surface area contributed by atoms with Crippen LogP contribution in [0.1, 0.15) is 28.7 Å². The lowest BCUT2D eigenvalue weighted by Crippen LogP contribution is -2.33. The molecule has 0 radical (unpaired) electrons. The van der Waals surface area contributed by atoms with Crippen LogP contribution in [0, 0.1) is 27.7 Å². The van der Waals surface area contributed by atoms with Gasteiger partial charge in [-0.05, 0) is 56.5 Å². The lowest BCUT2D eigenvalue weighted by Gasteiger charge is -2.24. The highest BCUT2D eigenvalue weighted by molar-refractivity contribution is 7.92. The van der Waals surface area contributed by atoms with Gasteiger partial charge in [0.15, 0.2) is 0 Å². The van der Waals surface area contributed by atoms with Gasteiger partial charge in [0.1, 0.15) is 0 Å². The molecular formula is C20H26N2O3S. The number of nitrogens with one attached hydrogen (secondary N) is 1. The summed E-state index contributed by atoms with van der Waals surface area (Å²) in [7, 11) is -3.48. The SMILES string of the molecule is Cc1ccc(N(CCC(=O)Nc2cc(C)ccc2C)S(C)(=O)=O)c(C)c1. The zero-order chi connectivity index (χ0) is 19.5. The first kappa shape index (κ1) is 20.0. The number of anilines is 2. The summed E-state index contributed by atoms with van der Waals surface area (Å²) in [5.41, 5.74) is 5.32. The number of sulfonamides is 1. The predicted molar refractivity (Wildman–Crippen MR) is 107 cm³/mol. The molecule has 0 bridgehead atoms. The van der Waals surface area contributed by atoms with Gasteiger partial charge in [0.25, 0.3) is 0 Å². The molecule has 1 amide bonds. The van der Waals surface area contributed by atoms with Crippen LogP contribution in [0.25, 0.3) is 0 Å². The first-order chi connectivity index (χ1) is 12.1. The van der Waals surface area contributed by atoms with E-state index < -0.39 is 10.0 Å². The van der Waals surface area contributed by atoms with Crippen molar-refractivity contribution in [2.75, 3.05) is 22.4 Å². The van der Waals surface area contributed by atoms with Crippen molar-refractivity contribution in [2.45, 2.75) is 34.1 Å². The molecule has 0 spiro atoms. The third-order valence-corrected chi connectivity index (χ3v) is 5.41. The van der Waals surface area contributed by atoms with Crippen LogP contribution in [0.4, 0.5) is 11.4 Å². The number of amides is 1. The molecule has 0 aliphatic rings. The molecule has 26 heavy (non-hydrogen) atoms. The molecule has 0 saturated carbocycles. The maximum atomic E-state index is 12.3. The van der Waals surface area contributed by atoms with Crippen molar-refractivity contribution in [1.82, 2.24) is 0 Å². The third-order valence-electron chi connectivity index (χ3n) is 4.23. The summed E-state index contributed by atoms with van der Waals surface area (Å²) < 4.78 is 25.8. The molecule has 0 aliphatic heterocycles. The van der Waals surface area contributed by atoms with Crippen LogP contribution in [-0.2, 0) is 14.8 Å². The minimum Gasteiger partial charge on any atom is -0.326 e. The van der Waals surface area contributed by atoms with Gasteiger partial charge in [0, 0.05) is 18.7 Å². The maximum absolute atomic E-state index is 12.3. The van der Waals surface area contributed by atoms with Gasteiger partial charge in [0.05, 0.1) is 11.9 Å². The normalized spacial score (nSPS) is 11.3. The van der Waals surface area contributed by atoms with E-state index in [2.05, 4.69) is 5.32 Å². The summed E-state index contributed by atoms with van der Waals surface area (Å²) in [4.78, 5) is 12.3. The van der Waals surface area contributed by atoms with E-state index in [0.29, 0.717) is 5.69 Å². The van der Waals surface area contributed by atoms with Crippen molar-refractivity contribution in [2.24, 2.45) is 0 Å². The van der Waals surface area contributed by atoms with Crippen LogP contribution in [-0.4, -0.2) is 27.1 Å². The Kier molecular flexibility index (Phi) is 6.08. The predicted octanol–water partition coefficient (Wildman–Crippen LogP) is 3.72. The van der Waals surface area contributed by atoms with E-state index in [-0.39, 0.29) is 18.9 Å². The fourth-order valence-corrected chi connectivity index (χ4v) is 3.82. The average Bonchev–Trinajstić information content (AvgIpc) is 2.51. The molecule has 1 N–H and O–H groups in total. The van der Waals surface area contributed by atoms with Crippen LogP contribution in [0.5, 0.6) is 0 Å². The summed E-state index contributed by atoms with van der Waals surface area (Å²) in [6.07, 6.45) is 1.24. The van der Waals surface area contributed by atoms with E-state index in [0.717, 1.165) is 34.2 Å². The second-order valence-corrected chi connectivity index (χ2v) is 8.65. The molecule has 0 saturated heterocycles. The van der Waals surface area contributed by atoms with Crippen LogP contribution in [0.3, 0.4) is 0 Å². The third kappa shape index (κ3) is 5.08. The Morgan fingerprint density at radius 2 is 1.58 bits per heavy atom. The van der Waals surface area contributed by atoms with Gasteiger partial charge in [-0.3, -0.25) is 9.10 Å². The van der Waals surface area contributed by atoms with Crippen molar-refractivity contribution in [3.63, 3.8) is 0 Å². The summed E-state index contributed by atoms with van der Waals surface area (Å²) in [5, 5.41) is 2.87. The van der Waals surface area contributed by atoms with E-state index in [1.54, 1.807) is 6.07 Å². The van der Waals surface area contributed by atoms with Gasteiger partial charge in [0.2, 0.25) is 15.9 Å². The number of carbonyl (C=O) groups excluding carboxylic acids is 1. The van der Waals surface area contributed by atoms with Gasteiger partial charge >= 0.3 is 0 Å². The second kappa shape index (κ2) is 7.91. The zero-order valence-electron chi connectivity index (χ0n) is 16.0. The number of nitrogens with zero attached hydrogens (tertiary/aromatic N) is 1. The Hall–Kier alpha value is -2.34. The molecule has 0 aliphatic carbocycles. The molecule has 140 valence electrons. The van der Waals surface area contributed by atoms with E-state index in [1.165, 1.54) is 4.31 Å². The molecule has 6 heteroatoms. The molecule has 0 heterocycles. The Labute approximate surface area is 156 Å². The van der Waals surface area contributed by atoms with Crippen molar-refractivity contribution in [3.8, 4) is 0 Å². The quantitative estimate of drug-likeness (QED) is 0.838. The molecule has 2 rings (SSSR count). The highest BCUT2D eigenvalue weighted by Gasteiger charge is 2.20. The zero-order valence-corrected chi connectivity index (χ0v) is 16.8. The summed E-state index contributed by atoms with van der Waals surface area (Å²) in [6.45, 7) is 7.81. The lowest BCUT2D eigenvalue weighted by atomic mass is 10.1.